The smallest absolute Gasteiger partial charge is 0.0270 e. The third kappa shape index (κ3) is 5.15. The summed E-state index contributed by atoms with van der Waals surface area (Å²) in [6.07, 6.45) is 6.20. The highest BCUT2D eigenvalue weighted by molar-refractivity contribution is 5.14. The lowest BCUT2D eigenvalue weighted by atomic mass is 10.1. The van der Waals surface area contributed by atoms with Crippen LogP contribution in [0.4, 0.5) is 0 Å². The summed E-state index contributed by atoms with van der Waals surface area (Å²) in [7, 11) is 2.25. The molecule has 0 N–H and O–H groups in total. The molecule has 1 aliphatic heterocycles. The van der Waals surface area contributed by atoms with Gasteiger partial charge in [0, 0.05) is 38.6 Å². The Balaban J connectivity index is 1.39. The van der Waals surface area contributed by atoms with E-state index in [1.165, 1.54) is 37.2 Å². The Morgan fingerprint density at radius 3 is 2.65 bits per heavy atom. The van der Waals surface area contributed by atoms with Gasteiger partial charge in [0.05, 0.1) is 0 Å². The Morgan fingerprint density at radius 1 is 1.09 bits per heavy atom. The maximum Gasteiger partial charge on any atom is 0.0270 e. The predicted molar refractivity (Wildman–Crippen MR) is 95.3 cm³/mol. The molecule has 0 bridgehead atoms. The summed E-state index contributed by atoms with van der Waals surface area (Å²) in [5, 5.41) is 0. The minimum Gasteiger partial charge on any atom is -0.306 e. The molecule has 3 heteroatoms. The summed E-state index contributed by atoms with van der Waals surface area (Å²) < 4.78 is 0. The maximum absolute atomic E-state index is 4.08. The van der Waals surface area contributed by atoms with E-state index in [1.807, 2.05) is 12.4 Å². The van der Waals surface area contributed by atoms with E-state index >= 15 is 0 Å². The molecule has 1 atom stereocenters. The summed E-state index contributed by atoms with van der Waals surface area (Å²) in [5.41, 5.74) is 2.81. The van der Waals surface area contributed by atoms with Gasteiger partial charge in [-0.25, -0.2) is 0 Å². The van der Waals surface area contributed by atoms with Crippen LogP contribution < -0.4 is 0 Å². The number of hydrogen-bond acceptors (Lipinski definition) is 3. The largest absolute Gasteiger partial charge is 0.306 e. The molecule has 0 spiro atoms. The highest BCUT2D eigenvalue weighted by Crippen LogP contribution is 2.19. The molecule has 1 saturated heterocycles. The van der Waals surface area contributed by atoms with Gasteiger partial charge in [0.2, 0.25) is 0 Å². The Hall–Kier alpha value is -1.71. The van der Waals surface area contributed by atoms with E-state index in [2.05, 4.69) is 64.3 Å². The van der Waals surface area contributed by atoms with Gasteiger partial charge >= 0.3 is 0 Å². The number of hydrogen-bond donors (Lipinski definition) is 0. The fraction of sp³-hybridized carbons (Fsp3) is 0.450. The van der Waals surface area contributed by atoms with Crippen molar-refractivity contribution in [2.75, 3.05) is 33.2 Å². The monoisotopic (exact) mass is 309 g/mol. The van der Waals surface area contributed by atoms with Crippen LogP contribution in [0, 0.1) is 5.92 Å². The number of likely N-dealkylation sites (N-methyl/N-ethyl adjacent to an activating group) is 1. The molecule has 3 rings (SSSR count). The first-order valence-electron chi connectivity index (χ1n) is 8.63. The van der Waals surface area contributed by atoms with E-state index in [9.17, 15) is 0 Å². The number of benzene rings is 1. The Morgan fingerprint density at radius 2 is 1.87 bits per heavy atom. The number of nitrogens with zero attached hydrogens (tertiary/aromatic N) is 3. The molecule has 1 aromatic heterocycles. The van der Waals surface area contributed by atoms with Crippen LogP contribution in [-0.2, 0) is 13.0 Å². The van der Waals surface area contributed by atoms with Crippen LogP contribution in [0.15, 0.2) is 54.9 Å². The van der Waals surface area contributed by atoms with Gasteiger partial charge in [-0.1, -0.05) is 30.3 Å². The van der Waals surface area contributed by atoms with E-state index < -0.39 is 0 Å². The summed E-state index contributed by atoms with van der Waals surface area (Å²) >= 11 is 0. The van der Waals surface area contributed by atoms with Crippen LogP contribution in [0.3, 0.4) is 0 Å². The van der Waals surface area contributed by atoms with Gasteiger partial charge in [-0.2, -0.15) is 0 Å². The van der Waals surface area contributed by atoms with Crippen LogP contribution in [-0.4, -0.2) is 48.0 Å². The van der Waals surface area contributed by atoms with Crippen molar-refractivity contribution in [3.63, 3.8) is 0 Å². The van der Waals surface area contributed by atoms with Gasteiger partial charge in [-0.05, 0) is 55.6 Å². The van der Waals surface area contributed by atoms with Crippen LogP contribution in [0.25, 0.3) is 0 Å². The zero-order chi connectivity index (χ0) is 15.9. The molecule has 1 fully saturated rings. The first-order valence-corrected chi connectivity index (χ1v) is 8.63. The van der Waals surface area contributed by atoms with E-state index in [0.717, 1.165) is 25.4 Å². The van der Waals surface area contributed by atoms with Crippen molar-refractivity contribution in [1.29, 1.82) is 0 Å². The van der Waals surface area contributed by atoms with E-state index in [0.29, 0.717) is 0 Å². The number of aromatic nitrogens is 1. The molecule has 2 aromatic rings. The van der Waals surface area contributed by atoms with Crippen molar-refractivity contribution >= 4 is 0 Å². The summed E-state index contributed by atoms with van der Waals surface area (Å²) in [6.45, 7) is 5.89. The average molecular weight is 309 g/mol. The molecule has 0 unspecified atom stereocenters. The van der Waals surface area contributed by atoms with Crippen molar-refractivity contribution in [2.45, 2.75) is 19.4 Å². The van der Waals surface area contributed by atoms with Crippen molar-refractivity contribution in [3.05, 3.63) is 66.0 Å². The SMILES string of the molecule is CN(CCc1ccncc1)C[C@@H]1CCN(Cc2ccccc2)C1. The Labute approximate surface area is 140 Å². The van der Waals surface area contributed by atoms with Crippen LogP contribution in [0.1, 0.15) is 17.5 Å². The van der Waals surface area contributed by atoms with E-state index in [4.69, 9.17) is 0 Å². The Kier molecular flexibility index (Phi) is 5.78. The maximum atomic E-state index is 4.08. The standard InChI is InChI=1S/C20H27N3/c1-22(13-9-18-7-11-21-12-8-18)15-20-10-14-23(17-20)16-19-5-3-2-4-6-19/h2-8,11-12,20H,9-10,13-17H2,1H3/t20-/m0/s1. The van der Waals surface area contributed by atoms with E-state index in [-0.39, 0.29) is 0 Å². The quantitative estimate of drug-likeness (QED) is 0.783. The third-order valence-electron chi connectivity index (χ3n) is 4.72. The van der Waals surface area contributed by atoms with Gasteiger partial charge in [-0.3, -0.25) is 9.88 Å². The van der Waals surface area contributed by atoms with Gasteiger partial charge in [-0.15, -0.1) is 0 Å². The van der Waals surface area contributed by atoms with E-state index in [1.54, 1.807) is 0 Å². The second kappa shape index (κ2) is 8.23. The molecule has 3 nitrogen and oxygen atoms in total. The second-order valence-electron chi connectivity index (χ2n) is 6.74. The van der Waals surface area contributed by atoms with Gasteiger partial charge in [0.15, 0.2) is 0 Å². The molecule has 1 aliphatic rings. The minimum atomic E-state index is 0.807. The predicted octanol–water partition coefficient (Wildman–Crippen LogP) is 3.08. The lowest BCUT2D eigenvalue weighted by Crippen LogP contribution is -2.29. The van der Waals surface area contributed by atoms with Crippen LogP contribution in [0.2, 0.25) is 0 Å². The highest BCUT2D eigenvalue weighted by Gasteiger charge is 2.23. The van der Waals surface area contributed by atoms with Crippen molar-refractivity contribution in [1.82, 2.24) is 14.8 Å². The molecule has 0 amide bonds. The van der Waals surface area contributed by atoms with Crippen molar-refractivity contribution in [3.8, 4) is 0 Å². The van der Waals surface area contributed by atoms with Crippen molar-refractivity contribution < 1.29 is 0 Å². The van der Waals surface area contributed by atoms with Gasteiger partial charge in [0.1, 0.15) is 0 Å². The fourth-order valence-electron chi connectivity index (χ4n) is 3.45. The molecule has 23 heavy (non-hydrogen) atoms. The van der Waals surface area contributed by atoms with Crippen LogP contribution in [0.5, 0.6) is 0 Å². The molecule has 2 heterocycles. The third-order valence-corrected chi connectivity index (χ3v) is 4.72. The number of likely N-dealkylation sites (tertiary alicyclic amines) is 1. The number of rotatable bonds is 7. The molecule has 0 radical (unpaired) electrons. The topological polar surface area (TPSA) is 19.4 Å². The molecule has 0 saturated carbocycles. The van der Waals surface area contributed by atoms with Gasteiger partial charge < -0.3 is 4.90 Å². The average Bonchev–Trinajstić information content (AvgIpc) is 3.02. The lowest BCUT2D eigenvalue weighted by molar-refractivity contribution is 0.262. The first kappa shape index (κ1) is 16.2. The first-order chi connectivity index (χ1) is 11.3. The summed E-state index contributed by atoms with van der Waals surface area (Å²) in [5.74, 6) is 0.807. The number of pyridine rings is 1. The van der Waals surface area contributed by atoms with Crippen molar-refractivity contribution in [2.24, 2.45) is 5.92 Å². The normalized spacial score (nSPS) is 18.6. The molecule has 1 aromatic carbocycles. The highest BCUT2D eigenvalue weighted by atomic mass is 15.2. The molecule has 0 aliphatic carbocycles. The molecular weight excluding hydrogens is 282 g/mol. The summed E-state index contributed by atoms with van der Waals surface area (Å²) in [6, 6.07) is 15.1. The van der Waals surface area contributed by atoms with Gasteiger partial charge in [0.25, 0.3) is 0 Å². The lowest BCUT2D eigenvalue weighted by Gasteiger charge is -2.21. The second-order valence-corrected chi connectivity index (χ2v) is 6.74. The zero-order valence-corrected chi connectivity index (χ0v) is 14.1. The zero-order valence-electron chi connectivity index (χ0n) is 14.1. The summed E-state index contributed by atoms with van der Waals surface area (Å²) in [4.78, 5) is 9.16. The Bertz CT molecular complexity index is 570. The molecular formula is C20H27N3. The fourth-order valence-corrected chi connectivity index (χ4v) is 3.45. The minimum absolute atomic E-state index is 0.807. The van der Waals surface area contributed by atoms with Crippen LogP contribution >= 0.6 is 0 Å². The molecule has 122 valence electrons.